The van der Waals surface area contributed by atoms with Crippen LogP contribution in [0.2, 0.25) is 0 Å². The summed E-state index contributed by atoms with van der Waals surface area (Å²) in [6.07, 6.45) is 0. The third kappa shape index (κ3) is 1380. The summed E-state index contributed by atoms with van der Waals surface area (Å²) >= 11 is 0. The van der Waals surface area contributed by atoms with Gasteiger partial charge in [0.15, 0.2) is 0 Å². The molecule has 0 saturated heterocycles. The van der Waals surface area contributed by atoms with Gasteiger partial charge < -0.3 is 126 Å². The zero-order valence-electron chi connectivity index (χ0n) is 29.6. The van der Waals surface area contributed by atoms with Crippen LogP contribution in [0.3, 0.4) is 0 Å². The van der Waals surface area contributed by atoms with Crippen molar-refractivity contribution >= 4 is 62.6 Å². The second-order valence-electron chi connectivity index (χ2n) is 4.11. The molecule has 0 rings (SSSR count). The first-order valence-electron chi connectivity index (χ1n) is 6.26. The predicted molar refractivity (Wildman–Crippen MR) is 121 cm³/mol. The van der Waals surface area contributed by atoms with Crippen LogP contribution in [0.5, 0.6) is 0 Å². The van der Waals surface area contributed by atoms with Crippen molar-refractivity contribution in [2.75, 3.05) is 0 Å². The predicted octanol–water partition coefficient (Wildman–Crippen LogP) is -24.7. The number of rotatable bonds is 0. The monoisotopic (exact) mass is 1020 g/mol. The maximum atomic E-state index is 8.88. The summed E-state index contributed by atoms with van der Waals surface area (Å²) in [6, 6.07) is 0. The Hall–Kier alpha value is 10.7. The molecule has 46 heteroatoms. The molecule has 268 valence electrons. The molecule has 46 heavy (non-hydrogen) atoms. The van der Waals surface area contributed by atoms with Gasteiger partial charge in [-0.05, 0) is 0 Å². The van der Waals surface area contributed by atoms with E-state index < -0.39 is 62.6 Å². The van der Waals surface area contributed by atoms with Crippen LogP contribution in [0.4, 0.5) is 0 Å². The van der Waals surface area contributed by atoms with Crippen LogP contribution in [-0.2, 0) is 36.5 Å². The molecule has 24 N–H and O–H groups in total. The molecule has 0 saturated carbocycles. The van der Waals surface area contributed by atoms with Gasteiger partial charge in [-0.3, -0.25) is 0 Å². The van der Waals surface area contributed by atoms with Crippen LogP contribution in [0.15, 0.2) is 0 Å². The Bertz CT molecular complexity index is 691. The first kappa shape index (κ1) is 96.5. The topological polar surface area (TPSA) is 622 Å². The van der Waals surface area contributed by atoms with Gasteiger partial charge in [0.05, 0.1) is 0 Å². The van der Waals surface area contributed by atoms with Gasteiger partial charge >= 0.3 is 371 Å². The van der Waals surface area contributed by atoms with Crippen LogP contribution in [0, 0.1) is 0 Å². The fraction of sp³-hybridized carbons (Fsp3) is 0. The third-order valence-electron chi connectivity index (χ3n) is 0. The third-order valence-corrected chi connectivity index (χ3v) is 0. The molecule has 0 atom stereocenters. The molecule has 0 amide bonds. The van der Waals surface area contributed by atoms with Crippen molar-refractivity contribution < 1.29 is 471 Å². The maximum absolute atomic E-state index is 8.88. The standard InChI is InChI=1S/6K.8H3O4P.6H/c;;;;;;8*1-5(2,3)4;;;;;;/h;;;;;;8*(H3,1,2,3,4);;;;;;/q6*+1;;;;;;;;;6*-1. The van der Waals surface area contributed by atoms with Crippen molar-refractivity contribution in [3.63, 3.8) is 0 Å². The Labute approximate surface area is 519 Å². The Kier molecular flexibility index (Phi) is 101. The zero-order chi connectivity index (χ0) is 36.0. The van der Waals surface area contributed by atoms with Crippen molar-refractivity contribution in [2.45, 2.75) is 0 Å². The van der Waals surface area contributed by atoms with Gasteiger partial charge in [-0.1, -0.05) is 0 Å². The van der Waals surface area contributed by atoms with Crippen molar-refractivity contribution in [1.82, 2.24) is 0 Å². The van der Waals surface area contributed by atoms with Crippen LogP contribution in [0.25, 0.3) is 0 Å². The molecule has 32 nitrogen and oxygen atoms in total. The van der Waals surface area contributed by atoms with Gasteiger partial charge in [-0.25, -0.2) is 36.5 Å². The minimum atomic E-state index is -4.64. The summed E-state index contributed by atoms with van der Waals surface area (Å²) in [7, 11) is -37.1. The Balaban J connectivity index is -0.0000000121. The Morgan fingerprint density at radius 3 is 0.174 bits per heavy atom. The molecule has 0 aromatic rings. The number of hydrogen-bond acceptors (Lipinski definition) is 8. The smallest absolute Gasteiger partial charge is 1.00 e. The fourth-order valence-corrected chi connectivity index (χ4v) is 0. The van der Waals surface area contributed by atoms with Crippen molar-refractivity contribution in [3.8, 4) is 0 Å². The van der Waals surface area contributed by atoms with E-state index in [9.17, 15) is 0 Å². The number of hydrogen-bond donors (Lipinski definition) is 24. The molecule has 0 aromatic carbocycles. The van der Waals surface area contributed by atoms with Gasteiger partial charge in [-0.2, -0.15) is 0 Å². The van der Waals surface area contributed by atoms with Gasteiger partial charge in [0.2, 0.25) is 0 Å². The summed E-state index contributed by atoms with van der Waals surface area (Å²) in [5, 5.41) is 0. The molecule has 0 spiro atoms. The van der Waals surface area contributed by atoms with E-state index >= 15 is 0 Å². The molecular weight excluding hydrogens is 994 g/mol. The van der Waals surface area contributed by atoms with Gasteiger partial charge in [0, 0.05) is 0 Å². The average Bonchev–Trinajstić information content (AvgIpc) is 2.16. The Morgan fingerprint density at radius 2 is 0.174 bits per heavy atom. The van der Waals surface area contributed by atoms with Crippen molar-refractivity contribution in [3.05, 3.63) is 0 Å². The van der Waals surface area contributed by atoms with Crippen molar-refractivity contribution in [2.24, 2.45) is 0 Å². The number of phosphoric acid groups is 8. The molecule has 0 unspecified atom stereocenters. The van der Waals surface area contributed by atoms with E-state index in [1.807, 2.05) is 0 Å². The molecule has 0 heterocycles. The molecular formula is H30K6O32P8. The summed E-state index contributed by atoms with van der Waals surface area (Å²) in [6.45, 7) is 0. The molecule has 0 aliphatic heterocycles. The minimum absolute atomic E-state index is 0. The molecule has 0 aromatic heterocycles. The van der Waals surface area contributed by atoms with Crippen molar-refractivity contribution in [1.29, 1.82) is 0 Å². The quantitative estimate of drug-likeness (QED) is 0.0791. The largest absolute Gasteiger partial charge is 1.00 e. The second-order valence-corrected chi connectivity index (χ2v) is 12.3. The van der Waals surface area contributed by atoms with Gasteiger partial charge in [-0.15, -0.1) is 0 Å². The maximum Gasteiger partial charge on any atom is 1.00 e. The van der Waals surface area contributed by atoms with Crippen LogP contribution >= 0.6 is 62.6 Å². The fourth-order valence-electron chi connectivity index (χ4n) is 0. The second kappa shape index (κ2) is 48.4. The van der Waals surface area contributed by atoms with E-state index in [-0.39, 0.29) is 317 Å². The molecule has 0 fully saturated rings. The van der Waals surface area contributed by atoms with Gasteiger partial charge in [0.1, 0.15) is 0 Å². The summed E-state index contributed by atoms with van der Waals surface area (Å²) in [5.41, 5.74) is 0. The first-order chi connectivity index (χ1) is 16.0. The summed E-state index contributed by atoms with van der Waals surface area (Å²) in [4.78, 5) is 172. The van der Waals surface area contributed by atoms with Crippen LogP contribution in [-0.4, -0.2) is 117 Å². The van der Waals surface area contributed by atoms with E-state index in [2.05, 4.69) is 0 Å². The molecule has 0 radical (unpaired) electrons. The van der Waals surface area contributed by atoms with Gasteiger partial charge in [0.25, 0.3) is 0 Å². The zero-order valence-corrected chi connectivity index (χ0v) is 49.5. The van der Waals surface area contributed by atoms with E-state index in [4.69, 9.17) is 154 Å². The van der Waals surface area contributed by atoms with E-state index in [1.54, 1.807) is 0 Å². The summed E-state index contributed by atoms with van der Waals surface area (Å²) in [5.74, 6) is 0. The van der Waals surface area contributed by atoms with Crippen LogP contribution in [0.1, 0.15) is 8.56 Å². The average molecular weight is 1020 g/mol. The van der Waals surface area contributed by atoms with E-state index in [0.717, 1.165) is 0 Å². The molecule has 0 aliphatic carbocycles. The summed E-state index contributed by atoms with van der Waals surface area (Å²) < 4.78 is 71.1. The minimum Gasteiger partial charge on any atom is -1.00 e. The van der Waals surface area contributed by atoms with E-state index in [0.29, 0.717) is 0 Å². The first-order valence-corrected chi connectivity index (χ1v) is 18.8. The Morgan fingerprint density at radius 1 is 0.174 bits per heavy atom. The SMILES string of the molecule is O=P(O)(O)O.O=P(O)(O)O.O=P(O)(O)O.O=P(O)(O)O.O=P(O)(O)O.O=P(O)(O)O.O=P(O)(O)O.O=P(O)(O)O.[H-].[H-].[H-].[H-].[H-].[H-].[K+].[K+].[K+].[K+].[K+].[K+]. The normalized spacial score (nSPS) is 10.3. The molecule has 0 aliphatic rings. The van der Waals surface area contributed by atoms with Crippen LogP contribution < -0.4 is 308 Å². The van der Waals surface area contributed by atoms with E-state index in [1.165, 1.54) is 0 Å². The molecule has 0 bridgehead atoms.